The summed E-state index contributed by atoms with van der Waals surface area (Å²) in [5, 5.41) is 4.27. The lowest BCUT2D eigenvalue weighted by molar-refractivity contribution is -0.119. The van der Waals surface area contributed by atoms with E-state index in [0.29, 0.717) is 23.0 Å². The topological polar surface area (TPSA) is 64.0 Å². The summed E-state index contributed by atoms with van der Waals surface area (Å²) in [4.78, 5) is 31.7. The second-order valence-corrected chi connectivity index (χ2v) is 9.44. The molecule has 0 unspecified atom stereocenters. The molecule has 1 amide bonds. The fourth-order valence-electron chi connectivity index (χ4n) is 2.81. The lowest BCUT2D eigenvalue weighted by atomic mass is 10.0. The lowest BCUT2D eigenvalue weighted by Gasteiger charge is -2.15. The van der Waals surface area contributed by atoms with Crippen LogP contribution < -0.4 is 10.9 Å². The highest BCUT2D eigenvalue weighted by Crippen LogP contribution is 2.28. The SMILES string of the molecule is C=CCn1c(SCC(=O)N[C@H](C)CCC(C)C)nc2sc(C)c(C)c2c1=O. The summed E-state index contributed by atoms with van der Waals surface area (Å²) in [5.74, 6) is 0.833. The summed E-state index contributed by atoms with van der Waals surface area (Å²) in [7, 11) is 0. The fourth-order valence-corrected chi connectivity index (χ4v) is 4.70. The first-order valence-electron chi connectivity index (χ1n) is 9.28. The molecule has 5 nitrogen and oxygen atoms in total. The molecular formula is C20H29N3O2S2. The van der Waals surface area contributed by atoms with E-state index in [2.05, 4.69) is 30.7 Å². The number of allylic oxidation sites excluding steroid dienone is 1. The summed E-state index contributed by atoms with van der Waals surface area (Å²) in [6.45, 7) is 14.5. The van der Waals surface area contributed by atoms with Crippen LogP contribution >= 0.6 is 23.1 Å². The number of aromatic nitrogens is 2. The summed E-state index contributed by atoms with van der Waals surface area (Å²) in [5.41, 5.74) is 0.925. The molecule has 0 saturated heterocycles. The van der Waals surface area contributed by atoms with Crippen LogP contribution in [0.15, 0.2) is 22.6 Å². The molecule has 0 spiro atoms. The summed E-state index contributed by atoms with van der Waals surface area (Å²) < 4.78 is 1.61. The quantitative estimate of drug-likeness (QED) is 0.382. The number of rotatable bonds is 9. The van der Waals surface area contributed by atoms with Crippen LogP contribution in [0.2, 0.25) is 0 Å². The molecule has 0 saturated carbocycles. The number of carbonyl (C=O) groups excluding carboxylic acids is 1. The zero-order valence-electron chi connectivity index (χ0n) is 16.8. The zero-order chi connectivity index (χ0) is 20.1. The van der Waals surface area contributed by atoms with Crippen LogP contribution in [0.5, 0.6) is 0 Å². The van der Waals surface area contributed by atoms with E-state index in [1.165, 1.54) is 23.1 Å². The Morgan fingerprint density at radius 3 is 2.67 bits per heavy atom. The van der Waals surface area contributed by atoms with Crippen molar-refractivity contribution in [3.05, 3.63) is 33.4 Å². The van der Waals surface area contributed by atoms with Gasteiger partial charge in [0.15, 0.2) is 5.16 Å². The molecule has 1 atom stereocenters. The number of thioether (sulfide) groups is 1. The number of nitrogens with zero attached hydrogens (tertiary/aromatic N) is 2. The van der Waals surface area contributed by atoms with Crippen LogP contribution in [0.1, 0.15) is 44.1 Å². The van der Waals surface area contributed by atoms with Crippen LogP contribution in [0.25, 0.3) is 10.2 Å². The number of aryl methyl sites for hydroxylation is 2. The van der Waals surface area contributed by atoms with E-state index in [4.69, 9.17) is 0 Å². The maximum atomic E-state index is 12.9. The van der Waals surface area contributed by atoms with Crippen LogP contribution in [-0.4, -0.2) is 27.3 Å². The Kier molecular flexibility index (Phi) is 7.68. The molecule has 0 aliphatic rings. The second-order valence-electron chi connectivity index (χ2n) is 7.29. The van der Waals surface area contributed by atoms with Crippen LogP contribution in [0.4, 0.5) is 0 Å². The van der Waals surface area contributed by atoms with Crippen LogP contribution in [0, 0.1) is 19.8 Å². The molecular weight excluding hydrogens is 378 g/mol. The van der Waals surface area contributed by atoms with Crippen LogP contribution in [0.3, 0.4) is 0 Å². The molecule has 0 aromatic carbocycles. The number of carbonyl (C=O) groups is 1. The third-order valence-corrected chi connectivity index (χ3v) is 6.56. The fraction of sp³-hybridized carbons (Fsp3) is 0.550. The van der Waals surface area contributed by atoms with Crippen molar-refractivity contribution in [1.82, 2.24) is 14.9 Å². The summed E-state index contributed by atoms with van der Waals surface area (Å²) >= 11 is 2.83. The van der Waals surface area contributed by atoms with Crippen molar-refractivity contribution >= 4 is 39.2 Å². The van der Waals surface area contributed by atoms with Crippen molar-refractivity contribution in [1.29, 1.82) is 0 Å². The van der Waals surface area contributed by atoms with Crippen molar-refractivity contribution in [3.63, 3.8) is 0 Å². The van der Waals surface area contributed by atoms with Gasteiger partial charge in [-0.3, -0.25) is 14.2 Å². The molecule has 0 aliphatic heterocycles. The van der Waals surface area contributed by atoms with Crippen molar-refractivity contribution in [2.75, 3.05) is 5.75 Å². The molecule has 0 fully saturated rings. The molecule has 0 aliphatic carbocycles. The predicted molar refractivity (Wildman–Crippen MR) is 116 cm³/mol. The van der Waals surface area contributed by atoms with Gasteiger partial charge in [0.2, 0.25) is 5.91 Å². The largest absolute Gasteiger partial charge is 0.353 e. The van der Waals surface area contributed by atoms with Crippen molar-refractivity contribution in [3.8, 4) is 0 Å². The average Bonchev–Trinajstić information content (AvgIpc) is 2.88. The maximum absolute atomic E-state index is 12.9. The molecule has 0 radical (unpaired) electrons. The molecule has 27 heavy (non-hydrogen) atoms. The van der Waals surface area contributed by atoms with Gasteiger partial charge in [-0.05, 0) is 45.1 Å². The van der Waals surface area contributed by atoms with E-state index >= 15 is 0 Å². The smallest absolute Gasteiger partial charge is 0.263 e. The highest BCUT2D eigenvalue weighted by atomic mass is 32.2. The number of hydrogen-bond donors (Lipinski definition) is 1. The number of hydrogen-bond acceptors (Lipinski definition) is 5. The maximum Gasteiger partial charge on any atom is 0.263 e. The molecule has 2 aromatic rings. The Labute approximate surface area is 169 Å². The van der Waals surface area contributed by atoms with Gasteiger partial charge < -0.3 is 5.32 Å². The van der Waals surface area contributed by atoms with Crippen molar-refractivity contribution in [2.24, 2.45) is 5.92 Å². The van der Waals surface area contributed by atoms with Crippen molar-refractivity contribution in [2.45, 2.75) is 65.2 Å². The van der Waals surface area contributed by atoms with E-state index in [0.717, 1.165) is 28.1 Å². The predicted octanol–water partition coefficient (Wildman–Crippen LogP) is 4.29. The third kappa shape index (κ3) is 5.45. The summed E-state index contributed by atoms with van der Waals surface area (Å²) in [6.07, 6.45) is 3.73. The minimum absolute atomic E-state index is 0.0331. The van der Waals surface area contributed by atoms with E-state index in [1.54, 1.807) is 10.6 Å². The molecule has 2 rings (SSSR count). The number of amides is 1. The number of thiophene rings is 1. The standard InChI is InChI=1S/C20H29N3O2S2/c1-7-10-23-19(25)17-14(5)15(6)27-18(17)22-20(23)26-11-16(24)21-13(4)9-8-12(2)3/h7,12-13H,1,8-11H2,2-6H3,(H,21,24)/t13-/m1/s1. The number of fused-ring (bicyclic) bond motifs is 1. The van der Waals surface area contributed by atoms with Gasteiger partial charge in [0.1, 0.15) is 4.83 Å². The first-order valence-corrected chi connectivity index (χ1v) is 11.1. The van der Waals surface area contributed by atoms with E-state index in [9.17, 15) is 9.59 Å². The van der Waals surface area contributed by atoms with Gasteiger partial charge in [-0.25, -0.2) is 4.98 Å². The van der Waals surface area contributed by atoms with Gasteiger partial charge >= 0.3 is 0 Å². The molecule has 1 N–H and O–H groups in total. The van der Waals surface area contributed by atoms with E-state index in [1.807, 2.05) is 20.8 Å². The molecule has 0 bridgehead atoms. The highest BCUT2D eigenvalue weighted by molar-refractivity contribution is 7.99. The van der Waals surface area contributed by atoms with Gasteiger partial charge in [-0.1, -0.05) is 31.7 Å². The lowest BCUT2D eigenvalue weighted by Crippen LogP contribution is -2.34. The number of nitrogens with one attached hydrogen (secondary N) is 1. The average molecular weight is 408 g/mol. The molecule has 148 valence electrons. The Morgan fingerprint density at radius 2 is 2.04 bits per heavy atom. The van der Waals surface area contributed by atoms with E-state index < -0.39 is 0 Å². The molecule has 2 heterocycles. The Hall–Kier alpha value is -1.60. The van der Waals surface area contributed by atoms with Crippen LogP contribution in [-0.2, 0) is 11.3 Å². The molecule has 2 aromatic heterocycles. The zero-order valence-corrected chi connectivity index (χ0v) is 18.4. The van der Waals surface area contributed by atoms with Gasteiger partial charge in [0.25, 0.3) is 5.56 Å². The second kappa shape index (κ2) is 9.55. The minimum Gasteiger partial charge on any atom is -0.353 e. The van der Waals surface area contributed by atoms with Gasteiger partial charge in [0.05, 0.1) is 11.1 Å². The Balaban J connectivity index is 2.16. The Morgan fingerprint density at radius 1 is 1.33 bits per heavy atom. The van der Waals surface area contributed by atoms with Gasteiger partial charge in [-0.15, -0.1) is 17.9 Å². The minimum atomic E-state index is -0.0602. The van der Waals surface area contributed by atoms with E-state index in [-0.39, 0.29) is 23.3 Å². The van der Waals surface area contributed by atoms with Gasteiger partial charge in [0, 0.05) is 17.5 Å². The van der Waals surface area contributed by atoms with Crippen molar-refractivity contribution < 1.29 is 4.79 Å². The third-order valence-electron chi connectivity index (χ3n) is 4.48. The monoisotopic (exact) mass is 407 g/mol. The normalized spacial score (nSPS) is 12.5. The molecule has 7 heteroatoms. The highest BCUT2D eigenvalue weighted by Gasteiger charge is 2.17. The van der Waals surface area contributed by atoms with Gasteiger partial charge in [-0.2, -0.15) is 0 Å². The first-order chi connectivity index (χ1) is 12.7. The Bertz CT molecular complexity index is 883. The first kappa shape index (κ1) is 21.7. The summed E-state index contributed by atoms with van der Waals surface area (Å²) in [6, 6.07) is 0.147.